The van der Waals surface area contributed by atoms with Crippen molar-refractivity contribution in [2.24, 2.45) is 0 Å². The molecule has 3 nitrogen and oxygen atoms in total. The number of methoxy groups -OCH3 is 1. The summed E-state index contributed by atoms with van der Waals surface area (Å²) in [5.74, 6) is 1.79. The number of hydrogen-bond donors (Lipinski definition) is 1. The summed E-state index contributed by atoms with van der Waals surface area (Å²) in [5.41, 5.74) is 3.12. The second-order valence-corrected chi connectivity index (χ2v) is 4.46. The number of H-pyrrole nitrogens is 1. The molecule has 0 aliphatic carbocycles. The molecule has 0 saturated carbocycles. The van der Waals surface area contributed by atoms with Gasteiger partial charge < -0.3 is 9.72 Å². The topological polar surface area (TPSA) is 37.9 Å². The molecule has 1 aromatic heterocycles. The lowest BCUT2D eigenvalue weighted by Crippen LogP contribution is -1.88. The number of aromatic amines is 1. The Morgan fingerprint density at radius 3 is 2.56 bits per heavy atom. The number of imidazole rings is 1. The van der Waals surface area contributed by atoms with E-state index >= 15 is 0 Å². The summed E-state index contributed by atoms with van der Waals surface area (Å²) >= 11 is 3.46. The Labute approximate surface area is 103 Å². The fraction of sp³-hybridized carbons (Fsp3) is 0.250. The van der Waals surface area contributed by atoms with Crippen LogP contribution in [0.4, 0.5) is 0 Å². The summed E-state index contributed by atoms with van der Waals surface area (Å²) in [6.07, 6.45) is 0. The lowest BCUT2D eigenvalue weighted by molar-refractivity contribution is 0.412. The molecule has 16 heavy (non-hydrogen) atoms. The van der Waals surface area contributed by atoms with Crippen molar-refractivity contribution in [2.45, 2.75) is 13.8 Å². The Morgan fingerprint density at radius 1 is 1.31 bits per heavy atom. The van der Waals surface area contributed by atoms with Crippen molar-refractivity contribution in [1.82, 2.24) is 9.97 Å². The van der Waals surface area contributed by atoms with Crippen molar-refractivity contribution >= 4 is 15.9 Å². The second-order valence-electron chi connectivity index (χ2n) is 3.67. The normalized spacial score (nSPS) is 10.5. The molecular formula is C12H13BrN2O. The number of aryl methyl sites for hydroxylation is 2. The molecule has 0 aliphatic heterocycles. The van der Waals surface area contributed by atoms with Gasteiger partial charge in [0, 0.05) is 5.56 Å². The Balaban J connectivity index is 2.49. The molecule has 0 saturated heterocycles. The number of aromatic nitrogens is 2. The zero-order valence-corrected chi connectivity index (χ0v) is 11.1. The molecule has 0 atom stereocenters. The zero-order chi connectivity index (χ0) is 11.7. The molecule has 0 radical (unpaired) electrons. The lowest BCUT2D eigenvalue weighted by Gasteiger charge is -2.06. The monoisotopic (exact) mass is 280 g/mol. The molecule has 0 spiro atoms. The summed E-state index contributed by atoms with van der Waals surface area (Å²) < 4.78 is 6.14. The molecule has 84 valence electrons. The highest BCUT2D eigenvalue weighted by Gasteiger charge is 2.09. The van der Waals surface area contributed by atoms with Gasteiger partial charge in [-0.15, -0.1) is 0 Å². The maximum Gasteiger partial charge on any atom is 0.121 e. The molecule has 2 aromatic rings. The molecule has 1 heterocycles. The summed E-state index contributed by atoms with van der Waals surface area (Å²) in [7, 11) is 1.68. The van der Waals surface area contributed by atoms with Crippen LogP contribution in [0.1, 0.15) is 11.4 Å². The predicted molar refractivity (Wildman–Crippen MR) is 67.7 cm³/mol. The Kier molecular flexibility index (Phi) is 3.01. The highest BCUT2D eigenvalue weighted by molar-refractivity contribution is 9.10. The van der Waals surface area contributed by atoms with Gasteiger partial charge in [0.1, 0.15) is 21.9 Å². The van der Waals surface area contributed by atoms with Gasteiger partial charge in [0.2, 0.25) is 0 Å². The second kappa shape index (κ2) is 4.29. The van der Waals surface area contributed by atoms with Crippen LogP contribution < -0.4 is 4.74 Å². The van der Waals surface area contributed by atoms with Crippen LogP contribution in [0.15, 0.2) is 22.8 Å². The van der Waals surface area contributed by atoms with Crippen molar-refractivity contribution in [3.05, 3.63) is 34.2 Å². The van der Waals surface area contributed by atoms with E-state index in [2.05, 4.69) is 32.0 Å². The number of halogens is 1. The summed E-state index contributed by atoms with van der Waals surface area (Å²) in [4.78, 5) is 7.56. The average Bonchev–Trinajstić information content (AvgIpc) is 2.58. The van der Waals surface area contributed by atoms with Crippen LogP contribution in [0.25, 0.3) is 11.3 Å². The van der Waals surface area contributed by atoms with Gasteiger partial charge >= 0.3 is 0 Å². The van der Waals surface area contributed by atoms with Gasteiger partial charge in [-0.3, -0.25) is 0 Å². The summed E-state index contributed by atoms with van der Waals surface area (Å²) in [6.45, 7) is 3.96. The SMILES string of the molecule is COc1ccc(-c2nc(C)[nH]c2Br)cc1C. The van der Waals surface area contributed by atoms with Crippen LogP contribution in [-0.4, -0.2) is 17.1 Å². The largest absolute Gasteiger partial charge is 0.496 e. The van der Waals surface area contributed by atoms with Crippen molar-refractivity contribution in [3.8, 4) is 17.0 Å². The molecule has 0 aliphatic rings. The first-order chi connectivity index (χ1) is 7.61. The third-order valence-electron chi connectivity index (χ3n) is 2.45. The van der Waals surface area contributed by atoms with Crippen molar-refractivity contribution in [2.75, 3.05) is 7.11 Å². The lowest BCUT2D eigenvalue weighted by atomic mass is 10.1. The van der Waals surface area contributed by atoms with Gasteiger partial charge in [-0.1, -0.05) is 0 Å². The van der Waals surface area contributed by atoms with E-state index in [-0.39, 0.29) is 0 Å². The van der Waals surface area contributed by atoms with Gasteiger partial charge in [0.25, 0.3) is 0 Å². The fourth-order valence-electron chi connectivity index (χ4n) is 1.68. The Morgan fingerprint density at radius 2 is 2.06 bits per heavy atom. The van der Waals surface area contributed by atoms with Crippen LogP contribution >= 0.6 is 15.9 Å². The number of nitrogens with one attached hydrogen (secondary N) is 1. The smallest absolute Gasteiger partial charge is 0.121 e. The Hall–Kier alpha value is -1.29. The van der Waals surface area contributed by atoms with Crippen molar-refractivity contribution < 1.29 is 4.74 Å². The minimum atomic E-state index is 0.895. The van der Waals surface area contributed by atoms with Crippen molar-refractivity contribution in [3.63, 3.8) is 0 Å². The minimum absolute atomic E-state index is 0.895. The van der Waals surface area contributed by atoms with Gasteiger partial charge in [-0.25, -0.2) is 4.98 Å². The number of ether oxygens (including phenoxy) is 1. The molecule has 0 amide bonds. The predicted octanol–water partition coefficient (Wildman–Crippen LogP) is 3.46. The molecule has 4 heteroatoms. The molecule has 1 aromatic carbocycles. The Bertz CT molecular complexity index is 520. The van der Waals surface area contributed by atoms with E-state index in [9.17, 15) is 0 Å². The molecular weight excluding hydrogens is 268 g/mol. The van der Waals surface area contributed by atoms with Gasteiger partial charge in [-0.05, 0) is 53.5 Å². The van der Waals surface area contributed by atoms with E-state index in [0.717, 1.165) is 33.0 Å². The molecule has 1 N–H and O–H groups in total. The first kappa shape index (κ1) is 11.2. The van der Waals surface area contributed by atoms with E-state index in [1.165, 1.54) is 0 Å². The molecule has 0 bridgehead atoms. The molecule has 0 fully saturated rings. The van der Waals surface area contributed by atoms with Crippen LogP contribution in [0.2, 0.25) is 0 Å². The van der Waals surface area contributed by atoms with E-state index in [1.807, 2.05) is 26.0 Å². The van der Waals surface area contributed by atoms with Crippen LogP contribution in [0.3, 0.4) is 0 Å². The first-order valence-corrected chi connectivity index (χ1v) is 5.78. The maximum atomic E-state index is 5.23. The van der Waals surface area contributed by atoms with E-state index in [1.54, 1.807) is 7.11 Å². The average molecular weight is 281 g/mol. The highest BCUT2D eigenvalue weighted by Crippen LogP contribution is 2.29. The zero-order valence-electron chi connectivity index (χ0n) is 9.47. The summed E-state index contributed by atoms with van der Waals surface area (Å²) in [5, 5.41) is 0. The number of nitrogens with zero attached hydrogens (tertiary/aromatic N) is 1. The van der Waals surface area contributed by atoms with Gasteiger partial charge in [0.05, 0.1) is 7.11 Å². The number of rotatable bonds is 2. The summed E-state index contributed by atoms with van der Waals surface area (Å²) in [6, 6.07) is 6.03. The maximum absolute atomic E-state index is 5.23. The number of hydrogen-bond acceptors (Lipinski definition) is 2. The van der Waals surface area contributed by atoms with Crippen LogP contribution in [0, 0.1) is 13.8 Å². The number of benzene rings is 1. The third-order valence-corrected chi connectivity index (χ3v) is 3.02. The first-order valence-electron chi connectivity index (χ1n) is 4.99. The van der Waals surface area contributed by atoms with E-state index in [0.29, 0.717) is 0 Å². The standard InChI is InChI=1S/C12H13BrN2O/c1-7-6-9(4-5-10(7)16-3)11-12(13)15-8(2)14-11/h4-6H,1-3H3,(H,14,15). The van der Waals surface area contributed by atoms with E-state index in [4.69, 9.17) is 4.74 Å². The fourth-order valence-corrected chi connectivity index (χ4v) is 2.28. The van der Waals surface area contributed by atoms with Crippen LogP contribution in [-0.2, 0) is 0 Å². The third kappa shape index (κ3) is 1.97. The van der Waals surface area contributed by atoms with Gasteiger partial charge in [-0.2, -0.15) is 0 Å². The van der Waals surface area contributed by atoms with Crippen molar-refractivity contribution in [1.29, 1.82) is 0 Å². The minimum Gasteiger partial charge on any atom is -0.496 e. The molecule has 0 unspecified atom stereocenters. The van der Waals surface area contributed by atoms with Gasteiger partial charge in [0.15, 0.2) is 0 Å². The van der Waals surface area contributed by atoms with E-state index < -0.39 is 0 Å². The molecule has 2 rings (SSSR count). The van der Waals surface area contributed by atoms with Crippen LogP contribution in [0.5, 0.6) is 5.75 Å². The quantitative estimate of drug-likeness (QED) is 0.915. The highest BCUT2D eigenvalue weighted by atomic mass is 79.9.